The van der Waals surface area contributed by atoms with E-state index in [4.69, 9.17) is 0 Å². The lowest BCUT2D eigenvalue weighted by Crippen LogP contribution is -2.32. The van der Waals surface area contributed by atoms with Gasteiger partial charge in [0.15, 0.2) is 0 Å². The molecule has 1 fully saturated rings. The second-order valence-electron chi connectivity index (χ2n) is 4.92. The molecule has 1 aliphatic heterocycles. The van der Waals surface area contributed by atoms with Gasteiger partial charge in [-0.25, -0.2) is 0 Å². The molecule has 1 aliphatic rings. The minimum Gasteiger partial charge on any atom is -0.347 e. The maximum absolute atomic E-state index is 12.6. The van der Waals surface area contributed by atoms with Crippen LogP contribution in [0.5, 0.6) is 0 Å². The van der Waals surface area contributed by atoms with Crippen LogP contribution in [-0.4, -0.2) is 26.9 Å². The molecule has 3 heterocycles. The summed E-state index contributed by atoms with van der Waals surface area (Å²) in [5.74, 6) is 0.0978. The van der Waals surface area contributed by atoms with Crippen LogP contribution in [0.1, 0.15) is 35.1 Å². The van der Waals surface area contributed by atoms with Crippen LogP contribution >= 0.6 is 0 Å². The molecular weight excluding hydrogens is 238 g/mol. The molecule has 0 aliphatic carbocycles. The molecule has 0 spiro atoms. The fourth-order valence-corrected chi connectivity index (χ4v) is 2.72. The van der Waals surface area contributed by atoms with Crippen molar-refractivity contribution >= 4 is 5.91 Å². The van der Waals surface area contributed by atoms with Crippen LogP contribution in [0, 0.1) is 0 Å². The summed E-state index contributed by atoms with van der Waals surface area (Å²) in [6.07, 6.45) is 5.72. The summed E-state index contributed by atoms with van der Waals surface area (Å²) in [5, 5.41) is 0. The second kappa shape index (κ2) is 4.88. The molecule has 3 rings (SSSR count). The monoisotopic (exact) mass is 255 g/mol. The number of carbonyl (C=O) groups is 1. The molecule has 0 unspecified atom stereocenters. The van der Waals surface area contributed by atoms with E-state index in [1.54, 1.807) is 6.20 Å². The van der Waals surface area contributed by atoms with Crippen LogP contribution in [0.2, 0.25) is 0 Å². The molecule has 19 heavy (non-hydrogen) atoms. The van der Waals surface area contributed by atoms with Gasteiger partial charge in [-0.05, 0) is 37.1 Å². The number of likely N-dealkylation sites (tertiary alicyclic amines) is 1. The van der Waals surface area contributed by atoms with Crippen molar-refractivity contribution in [2.24, 2.45) is 7.05 Å². The summed E-state index contributed by atoms with van der Waals surface area (Å²) in [6.45, 7) is 0.811. The lowest BCUT2D eigenvalue weighted by atomic mass is 10.1. The number of pyridine rings is 1. The van der Waals surface area contributed by atoms with Crippen LogP contribution in [0.15, 0.2) is 42.7 Å². The summed E-state index contributed by atoms with van der Waals surface area (Å²) in [4.78, 5) is 18.9. The van der Waals surface area contributed by atoms with E-state index in [0.717, 1.165) is 30.8 Å². The van der Waals surface area contributed by atoms with E-state index < -0.39 is 0 Å². The van der Waals surface area contributed by atoms with Gasteiger partial charge in [0, 0.05) is 26.0 Å². The normalized spacial score (nSPS) is 18.8. The van der Waals surface area contributed by atoms with Crippen molar-refractivity contribution in [3.8, 4) is 0 Å². The van der Waals surface area contributed by atoms with Gasteiger partial charge in [-0.15, -0.1) is 0 Å². The Balaban J connectivity index is 1.88. The Bertz CT molecular complexity index is 576. The number of rotatable bonds is 2. The quantitative estimate of drug-likeness (QED) is 0.826. The number of hydrogen-bond acceptors (Lipinski definition) is 2. The van der Waals surface area contributed by atoms with Crippen LogP contribution in [0.25, 0.3) is 0 Å². The molecular formula is C15H17N3O. The fraction of sp³-hybridized carbons (Fsp3) is 0.333. The molecule has 0 bridgehead atoms. The highest BCUT2D eigenvalue weighted by Crippen LogP contribution is 2.31. The van der Waals surface area contributed by atoms with Crippen molar-refractivity contribution in [1.82, 2.24) is 14.5 Å². The molecule has 0 N–H and O–H groups in total. The average Bonchev–Trinajstić information content (AvgIpc) is 3.07. The molecule has 4 nitrogen and oxygen atoms in total. The van der Waals surface area contributed by atoms with Crippen molar-refractivity contribution in [1.29, 1.82) is 0 Å². The zero-order chi connectivity index (χ0) is 13.2. The fourth-order valence-electron chi connectivity index (χ4n) is 2.72. The molecule has 1 atom stereocenters. The van der Waals surface area contributed by atoms with E-state index in [-0.39, 0.29) is 11.9 Å². The first-order valence-corrected chi connectivity index (χ1v) is 6.60. The average molecular weight is 255 g/mol. The first-order valence-electron chi connectivity index (χ1n) is 6.60. The smallest absolute Gasteiger partial charge is 0.271 e. The Hall–Kier alpha value is -2.10. The second-order valence-corrected chi connectivity index (χ2v) is 4.92. The Morgan fingerprint density at radius 2 is 2.21 bits per heavy atom. The molecule has 0 saturated carbocycles. The minimum absolute atomic E-state index is 0.0978. The largest absolute Gasteiger partial charge is 0.347 e. The van der Waals surface area contributed by atoms with Gasteiger partial charge in [-0.1, -0.05) is 6.07 Å². The highest BCUT2D eigenvalue weighted by Gasteiger charge is 2.32. The van der Waals surface area contributed by atoms with Gasteiger partial charge in [-0.3, -0.25) is 9.78 Å². The molecule has 0 radical (unpaired) electrons. The van der Waals surface area contributed by atoms with Gasteiger partial charge in [0.1, 0.15) is 5.69 Å². The van der Waals surface area contributed by atoms with E-state index in [1.807, 2.05) is 53.0 Å². The van der Waals surface area contributed by atoms with Crippen LogP contribution in [0.4, 0.5) is 0 Å². The lowest BCUT2D eigenvalue weighted by molar-refractivity contribution is 0.0723. The number of amides is 1. The topological polar surface area (TPSA) is 38.1 Å². The highest BCUT2D eigenvalue weighted by atomic mass is 16.2. The number of hydrogen-bond donors (Lipinski definition) is 0. The number of nitrogens with zero attached hydrogens (tertiary/aromatic N) is 3. The molecule has 2 aromatic heterocycles. The van der Waals surface area contributed by atoms with Crippen LogP contribution < -0.4 is 0 Å². The summed E-state index contributed by atoms with van der Waals surface area (Å²) in [6, 6.07) is 9.77. The van der Waals surface area contributed by atoms with Crippen LogP contribution in [-0.2, 0) is 7.05 Å². The third kappa shape index (κ3) is 2.14. The van der Waals surface area contributed by atoms with E-state index in [1.165, 1.54) is 0 Å². The van der Waals surface area contributed by atoms with E-state index in [9.17, 15) is 4.79 Å². The Morgan fingerprint density at radius 3 is 2.89 bits per heavy atom. The molecule has 98 valence electrons. The summed E-state index contributed by atoms with van der Waals surface area (Å²) in [7, 11) is 1.90. The van der Waals surface area contributed by atoms with Crippen LogP contribution in [0.3, 0.4) is 0 Å². The first-order chi connectivity index (χ1) is 9.27. The summed E-state index contributed by atoms with van der Waals surface area (Å²) < 4.78 is 1.87. The van der Waals surface area contributed by atoms with Crippen molar-refractivity contribution in [3.63, 3.8) is 0 Å². The lowest BCUT2D eigenvalue weighted by Gasteiger charge is -2.24. The summed E-state index contributed by atoms with van der Waals surface area (Å²) in [5.41, 5.74) is 1.73. The maximum atomic E-state index is 12.6. The molecule has 0 aromatic carbocycles. The van der Waals surface area contributed by atoms with Crippen molar-refractivity contribution in [3.05, 3.63) is 54.1 Å². The summed E-state index contributed by atoms with van der Waals surface area (Å²) >= 11 is 0. The van der Waals surface area contributed by atoms with Gasteiger partial charge >= 0.3 is 0 Å². The SMILES string of the molecule is Cn1cccc1C(=O)N1CCC[C@H]1c1ccccn1. The van der Waals surface area contributed by atoms with Gasteiger partial charge in [-0.2, -0.15) is 0 Å². The molecule has 2 aromatic rings. The van der Waals surface area contributed by atoms with Crippen molar-refractivity contribution in [2.75, 3.05) is 6.54 Å². The Kier molecular flexibility index (Phi) is 3.07. The highest BCUT2D eigenvalue weighted by molar-refractivity contribution is 5.93. The van der Waals surface area contributed by atoms with E-state index in [0.29, 0.717) is 0 Å². The van der Waals surface area contributed by atoms with Crippen molar-refractivity contribution < 1.29 is 4.79 Å². The van der Waals surface area contributed by atoms with E-state index >= 15 is 0 Å². The molecule has 1 saturated heterocycles. The Labute approximate surface area is 112 Å². The predicted molar refractivity (Wildman–Crippen MR) is 72.7 cm³/mol. The van der Waals surface area contributed by atoms with Gasteiger partial charge in [0.2, 0.25) is 0 Å². The molecule has 1 amide bonds. The van der Waals surface area contributed by atoms with Crippen molar-refractivity contribution in [2.45, 2.75) is 18.9 Å². The number of aryl methyl sites for hydroxylation is 1. The predicted octanol–water partition coefficient (Wildman–Crippen LogP) is 2.40. The maximum Gasteiger partial charge on any atom is 0.271 e. The third-order valence-corrected chi connectivity index (χ3v) is 3.71. The standard InChI is InChI=1S/C15H17N3O/c1-17-10-4-8-14(17)15(19)18-11-5-7-13(18)12-6-2-3-9-16-12/h2-4,6,8-10,13H,5,7,11H2,1H3/t13-/m0/s1. The van der Waals surface area contributed by atoms with Gasteiger partial charge in [0.05, 0.1) is 11.7 Å². The zero-order valence-corrected chi connectivity index (χ0v) is 11.0. The Morgan fingerprint density at radius 1 is 1.32 bits per heavy atom. The number of aromatic nitrogens is 2. The minimum atomic E-state index is 0.0978. The van der Waals surface area contributed by atoms with Gasteiger partial charge in [0.25, 0.3) is 5.91 Å². The zero-order valence-electron chi connectivity index (χ0n) is 11.0. The number of carbonyl (C=O) groups excluding carboxylic acids is 1. The third-order valence-electron chi connectivity index (χ3n) is 3.71. The van der Waals surface area contributed by atoms with Gasteiger partial charge < -0.3 is 9.47 Å². The molecule has 4 heteroatoms. The van der Waals surface area contributed by atoms with E-state index in [2.05, 4.69) is 4.98 Å². The first kappa shape index (κ1) is 12.0.